The number of aromatic nitrogens is 4. The lowest BCUT2D eigenvalue weighted by Crippen LogP contribution is -2.11. The lowest BCUT2D eigenvalue weighted by Gasteiger charge is -2.02. The fourth-order valence-corrected chi connectivity index (χ4v) is 1.42. The molecule has 0 bridgehead atoms. The Hall–Kier alpha value is -1.75. The summed E-state index contributed by atoms with van der Waals surface area (Å²) in [6.45, 7) is 1.14. The molecular weight excluding hydrogens is 190 g/mol. The highest BCUT2D eigenvalue weighted by molar-refractivity contribution is 5.14. The van der Waals surface area contributed by atoms with Crippen LogP contribution in [0.5, 0.6) is 0 Å². The molecule has 0 unspecified atom stereocenters. The van der Waals surface area contributed by atoms with Crippen molar-refractivity contribution in [1.29, 1.82) is 0 Å². The van der Waals surface area contributed by atoms with Crippen LogP contribution in [0.2, 0.25) is 0 Å². The molecule has 2 N–H and O–H groups in total. The largest absolute Gasteiger partial charge is 0.324 e. The molecule has 5 nitrogen and oxygen atoms in total. The van der Waals surface area contributed by atoms with E-state index in [4.69, 9.17) is 5.73 Å². The Morgan fingerprint density at radius 1 is 1.20 bits per heavy atom. The Labute approximate surface area is 87.9 Å². The molecule has 0 spiro atoms. The Kier molecular flexibility index (Phi) is 3.04. The van der Waals surface area contributed by atoms with Crippen molar-refractivity contribution in [3.63, 3.8) is 0 Å². The maximum absolute atomic E-state index is 5.50. The fraction of sp³-hybridized carbons (Fsp3) is 0.300. The highest BCUT2D eigenvalue weighted by Crippen LogP contribution is 2.01. The highest BCUT2D eigenvalue weighted by Gasteiger charge is 2.02. The first-order valence-corrected chi connectivity index (χ1v) is 4.89. The summed E-state index contributed by atoms with van der Waals surface area (Å²) < 4.78 is 1.74. The predicted octanol–water partition coefficient (Wildman–Crippen LogP) is 0.374. The van der Waals surface area contributed by atoms with Crippen molar-refractivity contribution < 1.29 is 0 Å². The van der Waals surface area contributed by atoms with E-state index in [0.717, 1.165) is 18.8 Å². The molecule has 1 aromatic carbocycles. The second-order valence-electron chi connectivity index (χ2n) is 3.26. The van der Waals surface area contributed by atoms with Gasteiger partial charge in [0.2, 0.25) is 0 Å². The molecule has 0 saturated heterocycles. The standard InChI is InChI=1S/C10H13N5/c11-8-10-12-13-14-15(10)7-6-9-4-2-1-3-5-9/h1-5H,6-8,11H2. The third-order valence-corrected chi connectivity index (χ3v) is 2.24. The number of hydrogen-bond donors (Lipinski definition) is 1. The van der Waals surface area contributed by atoms with Gasteiger partial charge in [-0.2, -0.15) is 0 Å². The van der Waals surface area contributed by atoms with E-state index in [1.807, 2.05) is 18.2 Å². The van der Waals surface area contributed by atoms with Gasteiger partial charge >= 0.3 is 0 Å². The zero-order chi connectivity index (χ0) is 10.5. The quantitative estimate of drug-likeness (QED) is 0.779. The molecule has 2 aromatic rings. The van der Waals surface area contributed by atoms with E-state index in [-0.39, 0.29) is 0 Å². The van der Waals surface area contributed by atoms with Crippen LogP contribution in [0, 0.1) is 0 Å². The third kappa shape index (κ3) is 2.38. The number of aryl methyl sites for hydroxylation is 2. The van der Waals surface area contributed by atoms with Gasteiger partial charge in [0.15, 0.2) is 5.82 Å². The van der Waals surface area contributed by atoms with Crippen LogP contribution in [0.1, 0.15) is 11.4 Å². The number of nitrogens with two attached hydrogens (primary N) is 1. The molecule has 15 heavy (non-hydrogen) atoms. The number of hydrogen-bond acceptors (Lipinski definition) is 4. The van der Waals surface area contributed by atoms with Crippen molar-refractivity contribution in [1.82, 2.24) is 20.2 Å². The summed E-state index contributed by atoms with van der Waals surface area (Å²) in [5, 5.41) is 11.3. The summed E-state index contributed by atoms with van der Waals surface area (Å²) >= 11 is 0. The molecule has 0 aliphatic rings. The molecule has 5 heteroatoms. The smallest absolute Gasteiger partial charge is 0.164 e. The van der Waals surface area contributed by atoms with Crippen LogP contribution in [0.4, 0.5) is 0 Å². The van der Waals surface area contributed by atoms with Crippen molar-refractivity contribution in [3.05, 3.63) is 41.7 Å². The lowest BCUT2D eigenvalue weighted by atomic mass is 10.1. The van der Waals surface area contributed by atoms with Crippen molar-refractivity contribution >= 4 is 0 Å². The van der Waals surface area contributed by atoms with Crippen molar-refractivity contribution in [3.8, 4) is 0 Å². The van der Waals surface area contributed by atoms with Gasteiger partial charge in [-0.05, 0) is 22.4 Å². The zero-order valence-corrected chi connectivity index (χ0v) is 8.37. The maximum atomic E-state index is 5.50. The summed E-state index contributed by atoms with van der Waals surface area (Å²) in [6.07, 6.45) is 0.916. The minimum Gasteiger partial charge on any atom is -0.324 e. The minimum atomic E-state index is 0.377. The SMILES string of the molecule is NCc1nnnn1CCc1ccccc1. The van der Waals surface area contributed by atoms with E-state index in [1.165, 1.54) is 5.56 Å². The molecule has 0 amide bonds. The predicted molar refractivity (Wildman–Crippen MR) is 55.9 cm³/mol. The second-order valence-corrected chi connectivity index (χ2v) is 3.26. The maximum Gasteiger partial charge on any atom is 0.164 e. The molecule has 0 radical (unpaired) electrons. The zero-order valence-electron chi connectivity index (χ0n) is 8.37. The minimum absolute atomic E-state index is 0.377. The summed E-state index contributed by atoms with van der Waals surface area (Å²) in [5.74, 6) is 0.728. The number of tetrazole rings is 1. The number of nitrogens with zero attached hydrogens (tertiary/aromatic N) is 4. The summed E-state index contributed by atoms with van der Waals surface area (Å²) in [4.78, 5) is 0. The normalized spacial score (nSPS) is 10.5. The Morgan fingerprint density at radius 3 is 2.73 bits per heavy atom. The lowest BCUT2D eigenvalue weighted by molar-refractivity contribution is 0.565. The Morgan fingerprint density at radius 2 is 2.00 bits per heavy atom. The third-order valence-electron chi connectivity index (χ3n) is 2.24. The van der Waals surface area contributed by atoms with Crippen LogP contribution in [0.25, 0.3) is 0 Å². The first-order valence-electron chi connectivity index (χ1n) is 4.89. The van der Waals surface area contributed by atoms with E-state index < -0.39 is 0 Å². The van der Waals surface area contributed by atoms with Gasteiger partial charge in [-0.1, -0.05) is 30.3 Å². The monoisotopic (exact) mass is 203 g/mol. The van der Waals surface area contributed by atoms with Gasteiger partial charge in [0, 0.05) is 6.54 Å². The molecule has 0 atom stereocenters. The molecule has 0 aliphatic heterocycles. The number of rotatable bonds is 4. The average molecular weight is 203 g/mol. The number of benzene rings is 1. The van der Waals surface area contributed by atoms with E-state index in [2.05, 4.69) is 27.7 Å². The van der Waals surface area contributed by atoms with Gasteiger partial charge in [0.05, 0.1) is 6.54 Å². The highest BCUT2D eigenvalue weighted by atomic mass is 15.5. The van der Waals surface area contributed by atoms with Gasteiger partial charge in [-0.15, -0.1) is 5.10 Å². The Bertz CT molecular complexity index is 409. The average Bonchev–Trinajstić information content (AvgIpc) is 2.75. The van der Waals surface area contributed by atoms with Crippen molar-refractivity contribution in [2.45, 2.75) is 19.5 Å². The van der Waals surface area contributed by atoms with Crippen molar-refractivity contribution in [2.24, 2.45) is 5.73 Å². The van der Waals surface area contributed by atoms with Gasteiger partial charge in [-0.25, -0.2) is 4.68 Å². The van der Waals surface area contributed by atoms with Crippen LogP contribution in [-0.2, 0) is 19.5 Å². The summed E-state index contributed by atoms with van der Waals surface area (Å²) in [6, 6.07) is 10.2. The van der Waals surface area contributed by atoms with Gasteiger partial charge < -0.3 is 5.73 Å². The van der Waals surface area contributed by atoms with Gasteiger partial charge in [0.25, 0.3) is 0 Å². The molecular formula is C10H13N5. The molecule has 0 saturated carbocycles. The van der Waals surface area contributed by atoms with E-state index in [1.54, 1.807) is 4.68 Å². The molecule has 2 rings (SSSR count). The van der Waals surface area contributed by atoms with Crippen LogP contribution in [0.3, 0.4) is 0 Å². The van der Waals surface area contributed by atoms with Crippen molar-refractivity contribution in [2.75, 3.05) is 0 Å². The first kappa shape index (κ1) is 9.79. The van der Waals surface area contributed by atoms with E-state index in [9.17, 15) is 0 Å². The van der Waals surface area contributed by atoms with Crippen LogP contribution in [0.15, 0.2) is 30.3 Å². The fourth-order valence-electron chi connectivity index (χ4n) is 1.42. The van der Waals surface area contributed by atoms with Gasteiger partial charge in [-0.3, -0.25) is 0 Å². The Balaban J connectivity index is 1.99. The van der Waals surface area contributed by atoms with Crippen LogP contribution in [-0.4, -0.2) is 20.2 Å². The molecule has 0 aliphatic carbocycles. The van der Waals surface area contributed by atoms with Crippen LogP contribution >= 0.6 is 0 Å². The molecule has 1 heterocycles. The van der Waals surface area contributed by atoms with E-state index in [0.29, 0.717) is 6.54 Å². The first-order chi connectivity index (χ1) is 7.40. The second kappa shape index (κ2) is 4.65. The summed E-state index contributed by atoms with van der Waals surface area (Å²) in [7, 11) is 0. The summed E-state index contributed by atoms with van der Waals surface area (Å²) in [5.41, 5.74) is 6.77. The van der Waals surface area contributed by atoms with Gasteiger partial charge in [0.1, 0.15) is 0 Å². The molecule has 78 valence electrons. The van der Waals surface area contributed by atoms with E-state index >= 15 is 0 Å². The molecule has 1 aromatic heterocycles. The van der Waals surface area contributed by atoms with Crippen LogP contribution < -0.4 is 5.73 Å². The molecule has 0 fully saturated rings. The topological polar surface area (TPSA) is 69.6 Å².